The SMILES string of the molecule is Cl.O=C(c1ccc(OCC2CCNCC2)cc1)N1CCOCC1. The second kappa shape index (κ2) is 9.11. The zero-order valence-electron chi connectivity index (χ0n) is 13.3. The molecular weight excluding hydrogens is 316 g/mol. The van der Waals surface area contributed by atoms with Gasteiger partial charge in [0.05, 0.1) is 19.8 Å². The normalized spacial score (nSPS) is 19.0. The average Bonchev–Trinajstić information content (AvgIpc) is 2.61. The lowest BCUT2D eigenvalue weighted by molar-refractivity contribution is 0.0303. The van der Waals surface area contributed by atoms with Crippen LogP contribution < -0.4 is 10.1 Å². The number of hydrogen-bond donors (Lipinski definition) is 1. The van der Waals surface area contributed by atoms with Gasteiger partial charge in [0.2, 0.25) is 0 Å². The number of hydrogen-bond acceptors (Lipinski definition) is 4. The molecule has 0 saturated carbocycles. The van der Waals surface area contributed by atoms with Gasteiger partial charge in [0.1, 0.15) is 5.75 Å². The van der Waals surface area contributed by atoms with E-state index in [0.717, 1.165) is 31.0 Å². The first kappa shape index (κ1) is 18.0. The van der Waals surface area contributed by atoms with Crippen LogP contribution in [0, 0.1) is 5.92 Å². The molecule has 0 radical (unpaired) electrons. The van der Waals surface area contributed by atoms with Gasteiger partial charge in [0.25, 0.3) is 5.91 Å². The fraction of sp³-hybridized carbons (Fsp3) is 0.588. The Balaban J connectivity index is 0.00000192. The Morgan fingerprint density at radius 2 is 1.83 bits per heavy atom. The number of amides is 1. The Morgan fingerprint density at radius 1 is 1.17 bits per heavy atom. The first-order chi connectivity index (χ1) is 10.8. The molecule has 1 N–H and O–H groups in total. The van der Waals surface area contributed by atoms with E-state index in [0.29, 0.717) is 32.2 Å². The number of carbonyl (C=O) groups excluding carboxylic acids is 1. The molecule has 6 heteroatoms. The van der Waals surface area contributed by atoms with Crippen LogP contribution in [0.5, 0.6) is 5.75 Å². The summed E-state index contributed by atoms with van der Waals surface area (Å²) >= 11 is 0. The predicted molar refractivity (Wildman–Crippen MR) is 91.5 cm³/mol. The van der Waals surface area contributed by atoms with Gasteiger partial charge in [-0.3, -0.25) is 4.79 Å². The molecule has 0 aromatic heterocycles. The Kier molecular flexibility index (Phi) is 7.15. The van der Waals surface area contributed by atoms with E-state index in [1.807, 2.05) is 29.2 Å². The molecule has 0 atom stereocenters. The van der Waals surface area contributed by atoms with Gasteiger partial charge in [-0.15, -0.1) is 12.4 Å². The minimum absolute atomic E-state index is 0. The molecule has 2 fully saturated rings. The van der Waals surface area contributed by atoms with E-state index in [4.69, 9.17) is 9.47 Å². The number of halogens is 1. The highest BCUT2D eigenvalue weighted by atomic mass is 35.5. The molecule has 0 aliphatic carbocycles. The largest absolute Gasteiger partial charge is 0.493 e. The van der Waals surface area contributed by atoms with Crippen LogP contribution in [-0.4, -0.2) is 56.8 Å². The molecule has 128 valence electrons. The molecule has 0 spiro atoms. The first-order valence-corrected chi connectivity index (χ1v) is 8.13. The van der Waals surface area contributed by atoms with Gasteiger partial charge in [0, 0.05) is 18.7 Å². The third-order valence-corrected chi connectivity index (χ3v) is 4.34. The Labute approximate surface area is 143 Å². The zero-order valence-corrected chi connectivity index (χ0v) is 14.1. The van der Waals surface area contributed by atoms with Crippen molar-refractivity contribution in [1.29, 1.82) is 0 Å². The highest BCUT2D eigenvalue weighted by Gasteiger charge is 2.18. The highest BCUT2D eigenvalue weighted by Crippen LogP contribution is 2.18. The molecular formula is C17H25ClN2O3. The smallest absolute Gasteiger partial charge is 0.254 e. The fourth-order valence-electron chi connectivity index (χ4n) is 2.91. The highest BCUT2D eigenvalue weighted by molar-refractivity contribution is 5.94. The Hall–Kier alpha value is -1.30. The van der Waals surface area contributed by atoms with Crippen molar-refractivity contribution < 1.29 is 14.3 Å². The van der Waals surface area contributed by atoms with Crippen molar-refractivity contribution in [2.45, 2.75) is 12.8 Å². The third kappa shape index (κ3) is 5.09. The van der Waals surface area contributed by atoms with Crippen LogP contribution in [0.25, 0.3) is 0 Å². The molecule has 0 unspecified atom stereocenters. The Bertz CT molecular complexity index is 483. The minimum atomic E-state index is 0. The van der Waals surface area contributed by atoms with Crippen LogP contribution >= 0.6 is 12.4 Å². The van der Waals surface area contributed by atoms with Gasteiger partial charge in [-0.25, -0.2) is 0 Å². The lowest BCUT2D eigenvalue weighted by Gasteiger charge is -2.27. The number of carbonyl (C=O) groups is 1. The van der Waals surface area contributed by atoms with Crippen molar-refractivity contribution in [3.63, 3.8) is 0 Å². The van der Waals surface area contributed by atoms with E-state index in [9.17, 15) is 4.79 Å². The number of ether oxygens (including phenoxy) is 2. The van der Waals surface area contributed by atoms with E-state index in [1.54, 1.807) is 0 Å². The molecule has 0 bridgehead atoms. The molecule has 2 heterocycles. The van der Waals surface area contributed by atoms with Gasteiger partial charge in [-0.1, -0.05) is 0 Å². The Morgan fingerprint density at radius 3 is 2.48 bits per heavy atom. The van der Waals surface area contributed by atoms with Crippen LogP contribution in [0.1, 0.15) is 23.2 Å². The molecule has 1 amide bonds. The monoisotopic (exact) mass is 340 g/mol. The number of nitrogens with one attached hydrogen (secondary N) is 1. The maximum atomic E-state index is 12.3. The van der Waals surface area contributed by atoms with Crippen molar-refractivity contribution in [1.82, 2.24) is 10.2 Å². The number of morpholine rings is 1. The third-order valence-electron chi connectivity index (χ3n) is 4.34. The second-order valence-corrected chi connectivity index (χ2v) is 5.93. The van der Waals surface area contributed by atoms with E-state index in [1.165, 1.54) is 12.8 Å². The molecule has 1 aromatic rings. The van der Waals surface area contributed by atoms with Crippen LogP contribution in [0.2, 0.25) is 0 Å². The van der Waals surface area contributed by atoms with Crippen molar-refractivity contribution in [3.8, 4) is 5.75 Å². The first-order valence-electron chi connectivity index (χ1n) is 8.13. The topological polar surface area (TPSA) is 50.8 Å². The van der Waals surface area contributed by atoms with Gasteiger partial charge in [0.15, 0.2) is 0 Å². The average molecular weight is 341 g/mol. The van der Waals surface area contributed by atoms with Crippen LogP contribution in [-0.2, 0) is 4.74 Å². The summed E-state index contributed by atoms with van der Waals surface area (Å²) in [5.41, 5.74) is 0.719. The fourth-order valence-corrected chi connectivity index (χ4v) is 2.91. The van der Waals surface area contributed by atoms with Crippen LogP contribution in [0.15, 0.2) is 24.3 Å². The van der Waals surface area contributed by atoms with Crippen molar-refractivity contribution in [2.75, 3.05) is 46.0 Å². The summed E-state index contributed by atoms with van der Waals surface area (Å²) in [6, 6.07) is 7.51. The van der Waals surface area contributed by atoms with E-state index in [2.05, 4.69) is 5.32 Å². The number of nitrogens with zero attached hydrogens (tertiary/aromatic N) is 1. The van der Waals surface area contributed by atoms with Crippen molar-refractivity contribution in [2.24, 2.45) is 5.92 Å². The summed E-state index contributed by atoms with van der Waals surface area (Å²) in [4.78, 5) is 14.2. The van der Waals surface area contributed by atoms with E-state index in [-0.39, 0.29) is 18.3 Å². The molecule has 5 nitrogen and oxygen atoms in total. The maximum absolute atomic E-state index is 12.3. The molecule has 3 rings (SSSR count). The minimum Gasteiger partial charge on any atom is -0.493 e. The van der Waals surface area contributed by atoms with Gasteiger partial charge in [-0.05, 0) is 56.1 Å². The molecule has 23 heavy (non-hydrogen) atoms. The number of benzene rings is 1. The molecule has 2 aliphatic heterocycles. The van der Waals surface area contributed by atoms with Crippen LogP contribution in [0.3, 0.4) is 0 Å². The number of rotatable bonds is 4. The molecule has 2 aliphatic rings. The summed E-state index contributed by atoms with van der Waals surface area (Å²) in [7, 11) is 0. The summed E-state index contributed by atoms with van der Waals surface area (Å²) in [6.45, 7) is 5.53. The lowest BCUT2D eigenvalue weighted by atomic mass is 9.99. The van der Waals surface area contributed by atoms with E-state index >= 15 is 0 Å². The summed E-state index contributed by atoms with van der Waals surface area (Å²) in [5.74, 6) is 1.56. The predicted octanol–water partition coefficient (Wildman–Crippen LogP) is 1.96. The van der Waals surface area contributed by atoms with Crippen molar-refractivity contribution >= 4 is 18.3 Å². The zero-order chi connectivity index (χ0) is 15.2. The summed E-state index contributed by atoms with van der Waals surface area (Å²) in [6.07, 6.45) is 2.35. The van der Waals surface area contributed by atoms with E-state index < -0.39 is 0 Å². The van der Waals surface area contributed by atoms with Gasteiger partial charge in [-0.2, -0.15) is 0 Å². The summed E-state index contributed by atoms with van der Waals surface area (Å²) in [5, 5.41) is 3.36. The molecule has 2 saturated heterocycles. The van der Waals surface area contributed by atoms with Gasteiger partial charge >= 0.3 is 0 Å². The number of piperidine rings is 1. The van der Waals surface area contributed by atoms with Gasteiger partial charge < -0.3 is 19.7 Å². The standard InChI is InChI=1S/C17H24N2O3.ClH/c20-17(19-9-11-21-12-10-19)15-1-3-16(4-2-15)22-13-14-5-7-18-8-6-14;/h1-4,14,18H,5-13H2;1H. The van der Waals surface area contributed by atoms with Crippen LogP contribution in [0.4, 0.5) is 0 Å². The molecule has 1 aromatic carbocycles. The summed E-state index contributed by atoms with van der Waals surface area (Å²) < 4.78 is 11.1. The second-order valence-electron chi connectivity index (χ2n) is 5.93. The quantitative estimate of drug-likeness (QED) is 0.910. The lowest BCUT2D eigenvalue weighted by Crippen LogP contribution is -2.40. The van der Waals surface area contributed by atoms with Crippen molar-refractivity contribution in [3.05, 3.63) is 29.8 Å². The maximum Gasteiger partial charge on any atom is 0.254 e.